The van der Waals surface area contributed by atoms with Crippen LogP contribution in [0.3, 0.4) is 0 Å². The molecule has 6 nitrogen and oxygen atoms in total. The molecular weight excluding hydrogens is 352 g/mol. The molecule has 1 N–H and O–H groups in total. The number of benzene rings is 2. The highest BCUT2D eigenvalue weighted by Crippen LogP contribution is 2.35. The molecule has 0 radical (unpaired) electrons. The van der Waals surface area contributed by atoms with Crippen LogP contribution in [0.1, 0.15) is 18.1 Å². The number of aryl methyl sites for hydroxylation is 1. The lowest BCUT2D eigenvalue weighted by Gasteiger charge is -2.34. The van der Waals surface area contributed by atoms with Crippen molar-refractivity contribution in [1.82, 2.24) is 5.32 Å². The van der Waals surface area contributed by atoms with Gasteiger partial charge >= 0.3 is 0 Å². The predicted octanol–water partition coefficient (Wildman–Crippen LogP) is 2.23. The highest BCUT2D eigenvalue weighted by molar-refractivity contribution is 7.92. The van der Waals surface area contributed by atoms with E-state index in [2.05, 4.69) is 5.32 Å². The molecule has 26 heavy (non-hydrogen) atoms. The Labute approximate surface area is 153 Å². The number of rotatable bonds is 5. The van der Waals surface area contributed by atoms with E-state index in [0.29, 0.717) is 18.0 Å². The number of carbonyl (C=O) groups excluding carboxylic acids is 1. The van der Waals surface area contributed by atoms with Gasteiger partial charge in [-0.1, -0.05) is 36.4 Å². The van der Waals surface area contributed by atoms with E-state index in [1.165, 1.54) is 4.31 Å². The van der Waals surface area contributed by atoms with E-state index in [-0.39, 0.29) is 18.2 Å². The quantitative estimate of drug-likeness (QED) is 0.871. The van der Waals surface area contributed by atoms with Crippen LogP contribution in [0.15, 0.2) is 48.5 Å². The summed E-state index contributed by atoms with van der Waals surface area (Å²) in [5, 5.41) is 2.84. The first-order chi connectivity index (χ1) is 12.4. The molecule has 0 aromatic heterocycles. The third kappa shape index (κ3) is 3.67. The molecule has 0 aliphatic carbocycles. The minimum Gasteiger partial charge on any atom is -0.476 e. The van der Waals surface area contributed by atoms with Crippen LogP contribution in [0.25, 0.3) is 0 Å². The molecule has 0 saturated carbocycles. The second-order valence-corrected chi connectivity index (χ2v) is 8.33. The number of anilines is 1. The number of hydrogen-bond acceptors (Lipinski definition) is 4. The van der Waals surface area contributed by atoms with Crippen molar-refractivity contribution >= 4 is 21.6 Å². The summed E-state index contributed by atoms with van der Waals surface area (Å²) in [5.41, 5.74) is 2.56. The summed E-state index contributed by atoms with van der Waals surface area (Å²) in [7, 11) is -3.50. The number of ether oxygens (including phenoxy) is 1. The fraction of sp³-hybridized carbons (Fsp3) is 0.316. The Bertz CT molecular complexity index is 911. The van der Waals surface area contributed by atoms with Crippen LogP contribution in [0.4, 0.5) is 5.69 Å². The summed E-state index contributed by atoms with van der Waals surface area (Å²) in [4.78, 5) is 12.6. The highest BCUT2D eigenvalue weighted by atomic mass is 32.2. The summed E-state index contributed by atoms with van der Waals surface area (Å²) in [5.74, 6) is 0.0182. The summed E-state index contributed by atoms with van der Waals surface area (Å²) < 4.78 is 31.9. The van der Waals surface area contributed by atoms with Gasteiger partial charge in [0, 0.05) is 6.54 Å². The number of fused-ring (bicyclic) bond motifs is 1. The van der Waals surface area contributed by atoms with E-state index in [9.17, 15) is 13.2 Å². The molecule has 0 unspecified atom stereocenters. The fourth-order valence-electron chi connectivity index (χ4n) is 2.86. The van der Waals surface area contributed by atoms with Gasteiger partial charge < -0.3 is 10.1 Å². The maximum absolute atomic E-state index is 12.6. The van der Waals surface area contributed by atoms with E-state index in [4.69, 9.17) is 4.74 Å². The minimum absolute atomic E-state index is 0.0349. The van der Waals surface area contributed by atoms with Crippen molar-refractivity contribution in [1.29, 1.82) is 0 Å². The number of amides is 1. The van der Waals surface area contributed by atoms with E-state index in [0.717, 1.165) is 11.1 Å². The lowest BCUT2D eigenvalue weighted by Crippen LogP contribution is -2.50. The molecule has 0 saturated heterocycles. The van der Waals surface area contributed by atoms with Crippen LogP contribution < -0.4 is 14.4 Å². The zero-order chi connectivity index (χ0) is 18.7. The maximum Gasteiger partial charge on any atom is 0.263 e. The number of para-hydroxylation sites is 2. The Morgan fingerprint density at radius 1 is 1.19 bits per heavy atom. The predicted molar refractivity (Wildman–Crippen MR) is 101 cm³/mol. The van der Waals surface area contributed by atoms with Gasteiger partial charge in [0.25, 0.3) is 5.91 Å². The van der Waals surface area contributed by atoms with Crippen LogP contribution >= 0.6 is 0 Å². The largest absolute Gasteiger partial charge is 0.476 e. The van der Waals surface area contributed by atoms with Gasteiger partial charge in [-0.3, -0.25) is 9.10 Å². The van der Waals surface area contributed by atoms with E-state index in [1.54, 1.807) is 31.2 Å². The van der Waals surface area contributed by atoms with Gasteiger partial charge in [0.1, 0.15) is 5.75 Å². The second-order valence-electron chi connectivity index (χ2n) is 6.15. The Morgan fingerprint density at radius 3 is 2.62 bits per heavy atom. The molecule has 2 aromatic carbocycles. The summed E-state index contributed by atoms with van der Waals surface area (Å²) in [6.07, 6.45) is -0.893. The van der Waals surface area contributed by atoms with Crippen molar-refractivity contribution in [2.75, 3.05) is 16.6 Å². The highest BCUT2D eigenvalue weighted by Gasteiger charge is 2.35. The van der Waals surface area contributed by atoms with E-state index in [1.807, 2.05) is 31.2 Å². The summed E-state index contributed by atoms with van der Waals surface area (Å²) >= 11 is 0. The van der Waals surface area contributed by atoms with Crippen LogP contribution in [0.2, 0.25) is 0 Å². The van der Waals surface area contributed by atoms with Crippen LogP contribution in [-0.2, 0) is 21.4 Å². The monoisotopic (exact) mass is 374 g/mol. The van der Waals surface area contributed by atoms with E-state index < -0.39 is 16.1 Å². The van der Waals surface area contributed by atoms with Crippen LogP contribution in [0, 0.1) is 6.92 Å². The van der Waals surface area contributed by atoms with Crippen molar-refractivity contribution < 1.29 is 17.9 Å². The van der Waals surface area contributed by atoms with Crippen molar-refractivity contribution in [2.24, 2.45) is 0 Å². The van der Waals surface area contributed by atoms with Gasteiger partial charge in [0.05, 0.1) is 18.0 Å². The summed E-state index contributed by atoms with van der Waals surface area (Å²) in [6, 6.07) is 14.6. The van der Waals surface area contributed by atoms with Gasteiger partial charge in [-0.2, -0.15) is 0 Å². The third-order valence-electron chi connectivity index (χ3n) is 4.44. The fourth-order valence-corrected chi connectivity index (χ4v) is 3.99. The van der Waals surface area contributed by atoms with Gasteiger partial charge in [-0.25, -0.2) is 8.42 Å². The average molecular weight is 374 g/mol. The van der Waals surface area contributed by atoms with Crippen molar-refractivity contribution in [2.45, 2.75) is 26.5 Å². The summed E-state index contributed by atoms with van der Waals surface area (Å²) in [6.45, 7) is 3.89. The number of nitrogens with one attached hydrogen (secondary N) is 1. The molecule has 138 valence electrons. The van der Waals surface area contributed by atoms with Gasteiger partial charge in [-0.15, -0.1) is 0 Å². The van der Waals surface area contributed by atoms with Gasteiger partial charge in [0.2, 0.25) is 10.0 Å². The minimum atomic E-state index is -3.50. The smallest absolute Gasteiger partial charge is 0.263 e. The molecule has 1 atom stereocenters. The Hall–Kier alpha value is -2.54. The molecule has 1 aliphatic rings. The Morgan fingerprint density at radius 2 is 1.88 bits per heavy atom. The Kier molecular flexibility index (Phi) is 5.18. The Balaban J connectivity index is 1.79. The van der Waals surface area contributed by atoms with Crippen LogP contribution in [-0.4, -0.2) is 32.7 Å². The topological polar surface area (TPSA) is 75.7 Å². The lowest BCUT2D eigenvalue weighted by atomic mass is 10.1. The van der Waals surface area contributed by atoms with Crippen molar-refractivity contribution in [3.63, 3.8) is 0 Å². The third-order valence-corrected chi connectivity index (χ3v) is 6.19. The number of nitrogens with zero attached hydrogens (tertiary/aromatic N) is 1. The lowest BCUT2D eigenvalue weighted by molar-refractivity contribution is -0.127. The van der Waals surface area contributed by atoms with E-state index >= 15 is 0 Å². The van der Waals surface area contributed by atoms with Gasteiger partial charge in [0.15, 0.2) is 6.10 Å². The number of sulfonamides is 1. The van der Waals surface area contributed by atoms with Crippen molar-refractivity contribution in [3.8, 4) is 5.75 Å². The molecule has 7 heteroatoms. The molecule has 2 aromatic rings. The SMILES string of the molecule is CCS(=O)(=O)N1C[C@@H](C(=O)NCc2ccccc2C)Oc2ccccc21. The molecule has 0 bridgehead atoms. The maximum atomic E-state index is 12.6. The molecule has 1 heterocycles. The standard InChI is InChI=1S/C19H22N2O4S/c1-3-26(23,24)21-13-18(25-17-11-7-6-10-16(17)21)19(22)20-12-15-9-5-4-8-14(15)2/h4-11,18H,3,12-13H2,1-2H3,(H,20,22)/t18-/m0/s1. The van der Waals surface area contributed by atoms with Crippen molar-refractivity contribution in [3.05, 3.63) is 59.7 Å². The molecule has 0 fully saturated rings. The second kappa shape index (κ2) is 7.37. The first-order valence-electron chi connectivity index (χ1n) is 8.50. The number of hydrogen-bond donors (Lipinski definition) is 1. The van der Waals surface area contributed by atoms with Gasteiger partial charge in [-0.05, 0) is 37.1 Å². The normalized spacial score (nSPS) is 16.5. The molecular formula is C19H22N2O4S. The first kappa shape index (κ1) is 18.3. The number of carbonyl (C=O) groups is 1. The zero-order valence-corrected chi connectivity index (χ0v) is 15.6. The molecule has 1 amide bonds. The average Bonchev–Trinajstić information content (AvgIpc) is 2.66. The zero-order valence-electron chi connectivity index (χ0n) is 14.8. The molecule has 0 spiro atoms. The molecule has 1 aliphatic heterocycles. The first-order valence-corrected chi connectivity index (χ1v) is 10.1. The molecule has 3 rings (SSSR count). The van der Waals surface area contributed by atoms with Crippen LogP contribution in [0.5, 0.6) is 5.75 Å².